The van der Waals surface area contributed by atoms with Gasteiger partial charge < -0.3 is 5.73 Å². The molecule has 0 atom stereocenters. The first-order valence-electron chi connectivity index (χ1n) is 3.87. The van der Waals surface area contributed by atoms with Crippen molar-refractivity contribution in [1.29, 1.82) is 0 Å². The third-order valence-corrected chi connectivity index (χ3v) is 2.71. The van der Waals surface area contributed by atoms with Crippen LogP contribution in [0.3, 0.4) is 0 Å². The normalized spacial score (nSPS) is 11.4. The summed E-state index contributed by atoms with van der Waals surface area (Å²) in [6.45, 7) is 0.247. The Bertz CT molecular complexity index is 338. The van der Waals surface area contributed by atoms with Crippen molar-refractivity contribution >= 4 is 30.9 Å². The van der Waals surface area contributed by atoms with Gasteiger partial charge in [-0.2, -0.15) is 25.3 Å². The molecule has 0 bridgehead atoms. The lowest BCUT2D eigenvalue weighted by atomic mass is 10.1. The van der Waals surface area contributed by atoms with Gasteiger partial charge in [0.05, 0.1) is 9.00 Å². The second-order valence-corrected chi connectivity index (χ2v) is 4.70. The van der Waals surface area contributed by atoms with Crippen LogP contribution in [-0.2, 0) is 4.08 Å². The molecule has 0 aliphatic rings. The quantitative estimate of drug-likeness (QED) is 0.319. The van der Waals surface area contributed by atoms with Gasteiger partial charge in [-0.15, -0.1) is 0 Å². The highest BCUT2D eigenvalue weighted by Crippen LogP contribution is 2.32. The highest BCUT2D eigenvalue weighted by molar-refractivity contribution is 7.99. The Morgan fingerprint density at radius 3 is 2.21 bits per heavy atom. The van der Waals surface area contributed by atoms with E-state index in [1.54, 1.807) is 12.1 Å². The third-order valence-electron chi connectivity index (χ3n) is 1.83. The number of nitro benzene ring substituents is 1. The predicted octanol–water partition coefficient (Wildman–Crippen LogP) is 1.57. The van der Waals surface area contributed by atoms with E-state index in [-0.39, 0.29) is 12.2 Å². The highest BCUT2D eigenvalue weighted by atomic mass is 32.2. The van der Waals surface area contributed by atoms with Crippen LogP contribution in [0.25, 0.3) is 0 Å². The minimum Gasteiger partial charge on any atom is -0.328 e. The summed E-state index contributed by atoms with van der Waals surface area (Å²) in [5.74, 6) is 0. The zero-order valence-electron chi connectivity index (χ0n) is 7.25. The molecule has 0 fully saturated rings. The Kier molecular flexibility index (Phi) is 3.41. The van der Waals surface area contributed by atoms with Gasteiger partial charge in [-0.3, -0.25) is 10.1 Å². The molecule has 0 aromatic heterocycles. The number of hydrogen-bond donors (Lipinski definition) is 3. The Balaban J connectivity index is 2.99. The maximum absolute atomic E-state index is 10.4. The fourth-order valence-corrected chi connectivity index (χ4v) is 1.27. The van der Waals surface area contributed by atoms with Crippen molar-refractivity contribution < 1.29 is 4.92 Å². The molecule has 0 saturated carbocycles. The lowest BCUT2D eigenvalue weighted by molar-refractivity contribution is -0.384. The van der Waals surface area contributed by atoms with Crippen LogP contribution < -0.4 is 5.73 Å². The number of thiol groups is 2. The van der Waals surface area contributed by atoms with Crippen molar-refractivity contribution in [2.45, 2.75) is 4.08 Å². The monoisotopic (exact) mass is 230 g/mol. The maximum atomic E-state index is 10.4. The SMILES string of the molecule is NCC(S)(S)c1ccc([N+](=O)[O-])cc1. The fourth-order valence-electron chi connectivity index (χ4n) is 0.968. The third kappa shape index (κ3) is 2.40. The summed E-state index contributed by atoms with van der Waals surface area (Å²) in [6, 6.07) is 6.02. The molecule has 4 nitrogen and oxygen atoms in total. The molecule has 0 unspecified atom stereocenters. The van der Waals surface area contributed by atoms with Gasteiger partial charge in [0, 0.05) is 18.7 Å². The molecule has 0 saturated heterocycles. The smallest absolute Gasteiger partial charge is 0.269 e. The molecule has 6 heteroatoms. The number of benzene rings is 1. The van der Waals surface area contributed by atoms with Crippen LogP contribution in [0.4, 0.5) is 5.69 Å². The van der Waals surface area contributed by atoms with Crippen LogP contribution in [0.2, 0.25) is 0 Å². The second-order valence-electron chi connectivity index (χ2n) is 2.82. The summed E-state index contributed by atoms with van der Waals surface area (Å²) < 4.78 is -0.741. The summed E-state index contributed by atoms with van der Waals surface area (Å²) >= 11 is 8.46. The molecule has 0 radical (unpaired) electrons. The van der Waals surface area contributed by atoms with Crippen LogP contribution in [0.5, 0.6) is 0 Å². The van der Waals surface area contributed by atoms with E-state index in [1.165, 1.54) is 12.1 Å². The van der Waals surface area contributed by atoms with Crippen LogP contribution in [-0.4, -0.2) is 11.5 Å². The minimum absolute atomic E-state index is 0.0447. The molecule has 1 rings (SSSR count). The number of non-ortho nitro benzene ring substituents is 1. The van der Waals surface area contributed by atoms with Crippen LogP contribution >= 0.6 is 25.3 Å². The zero-order valence-corrected chi connectivity index (χ0v) is 9.04. The lowest BCUT2D eigenvalue weighted by Crippen LogP contribution is -2.22. The van der Waals surface area contributed by atoms with Crippen LogP contribution in [0, 0.1) is 10.1 Å². The molecule has 1 aromatic rings. The highest BCUT2D eigenvalue weighted by Gasteiger charge is 2.21. The summed E-state index contributed by atoms with van der Waals surface area (Å²) in [5.41, 5.74) is 6.24. The summed E-state index contributed by atoms with van der Waals surface area (Å²) in [4.78, 5) is 9.92. The maximum Gasteiger partial charge on any atom is 0.269 e. The van der Waals surface area contributed by atoms with E-state index in [2.05, 4.69) is 25.3 Å². The van der Waals surface area contributed by atoms with Gasteiger partial charge in [0.15, 0.2) is 0 Å². The summed E-state index contributed by atoms with van der Waals surface area (Å²) in [5, 5.41) is 10.4. The number of nitro groups is 1. The van der Waals surface area contributed by atoms with E-state index in [1.807, 2.05) is 0 Å². The van der Waals surface area contributed by atoms with E-state index in [9.17, 15) is 10.1 Å². The van der Waals surface area contributed by atoms with Crippen molar-refractivity contribution in [3.05, 3.63) is 39.9 Å². The summed E-state index contributed by atoms with van der Waals surface area (Å²) in [6.07, 6.45) is 0. The van der Waals surface area contributed by atoms with Crippen molar-refractivity contribution in [3.8, 4) is 0 Å². The topological polar surface area (TPSA) is 69.2 Å². The zero-order chi connectivity index (χ0) is 10.8. The molecule has 76 valence electrons. The van der Waals surface area contributed by atoms with Gasteiger partial charge in [-0.05, 0) is 17.7 Å². The molecule has 0 aliphatic carbocycles. The number of nitrogens with zero attached hydrogens (tertiary/aromatic N) is 1. The Labute approximate surface area is 92.5 Å². The molecule has 1 aromatic carbocycles. The first-order chi connectivity index (χ1) is 6.47. The van der Waals surface area contributed by atoms with Gasteiger partial charge >= 0.3 is 0 Å². The number of hydrogen-bond acceptors (Lipinski definition) is 5. The standard InChI is InChI=1S/C8H10N2O2S2/c9-5-8(13,14)6-1-3-7(4-2-6)10(11)12/h1-4,13-14H,5,9H2. The second kappa shape index (κ2) is 4.20. The number of rotatable bonds is 3. The Morgan fingerprint density at radius 2 is 1.86 bits per heavy atom. The van der Waals surface area contributed by atoms with E-state index in [4.69, 9.17) is 5.73 Å². The van der Waals surface area contributed by atoms with E-state index in [0.29, 0.717) is 0 Å². The molecule has 2 N–H and O–H groups in total. The van der Waals surface area contributed by atoms with Crippen LogP contribution in [0.1, 0.15) is 5.56 Å². The van der Waals surface area contributed by atoms with Crippen molar-refractivity contribution in [3.63, 3.8) is 0 Å². The number of nitrogens with two attached hydrogens (primary N) is 1. The van der Waals surface area contributed by atoms with Gasteiger partial charge in [-0.25, -0.2) is 0 Å². The van der Waals surface area contributed by atoms with Gasteiger partial charge in [0.1, 0.15) is 0 Å². The van der Waals surface area contributed by atoms with Crippen molar-refractivity contribution in [1.82, 2.24) is 0 Å². The fraction of sp³-hybridized carbons (Fsp3) is 0.250. The molecular weight excluding hydrogens is 220 g/mol. The Morgan fingerprint density at radius 1 is 1.36 bits per heavy atom. The van der Waals surface area contributed by atoms with E-state index < -0.39 is 9.00 Å². The molecule has 0 spiro atoms. The van der Waals surface area contributed by atoms with E-state index in [0.717, 1.165) is 5.56 Å². The molecule has 14 heavy (non-hydrogen) atoms. The molecule has 0 amide bonds. The summed E-state index contributed by atoms with van der Waals surface area (Å²) in [7, 11) is 0. The Hall–Kier alpha value is -0.720. The first-order valence-corrected chi connectivity index (χ1v) is 4.76. The predicted molar refractivity (Wildman–Crippen MR) is 61.8 cm³/mol. The van der Waals surface area contributed by atoms with E-state index >= 15 is 0 Å². The molecule has 0 aliphatic heterocycles. The van der Waals surface area contributed by atoms with Crippen LogP contribution in [0.15, 0.2) is 24.3 Å². The first kappa shape index (κ1) is 11.4. The van der Waals surface area contributed by atoms with Crippen molar-refractivity contribution in [2.24, 2.45) is 5.73 Å². The largest absolute Gasteiger partial charge is 0.328 e. The lowest BCUT2D eigenvalue weighted by Gasteiger charge is -2.20. The minimum atomic E-state index is -0.741. The molecule has 0 heterocycles. The van der Waals surface area contributed by atoms with Gasteiger partial charge in [0.2, 0.25) is 0 Å². The van der Waals surface area contributed by atoms with Gasteiger partial charge in [-0.1, -0.05) is 0 Å². The van der Waals surface area contributed by atoms with Gasteiger partial charge in [0.25, 0.3) is 5.69 Å². The molecular formula is C8H10N2O2S2. The average molecular weight is 230 g/mol. The van der Waals surface area contributed by atoms with Crippen molar-refractivity contribution in [2.75, 3.05) is 6.54 Å². The average Bonchev–Trinajstić information content (AvgIpc) is 2.18.